The third-order valence-electron chi connectivity index (χ3n) is 7.25. The van der Waals surface area contributed by atoms with Crippen molar-refractivity contribution in [2.45, 2.75) is 37.8 Å². The number of aromatic nitrogens is 1. The second-order valence-electron chi connectivity index (χ2n) is 9.34. The molecule has 182 valence electrons. The highest BCUT2D eigenvalue weighted by molar-refractivity contribution is 6.30. The van der Waals surface area contributed by atoms with Crippen molar-refractivity contribution in [1.29, 1.82) is 0 Å². The Morgan fingerprint density at radius 3 is 2.43 bits per heavy atom. The average molecular weight is 493 g/mol. The van der Waals surface area contributed by atoms with Crippen molar-refractivity contribution in [3.05, 3.63) is 77.3 Å². The van der Waals surface area contributed by atoms with E-state index in [9.17, 15) is 9.59 Å². The number of urea groups is 1. The molecule has 1 spiro atoms. The molecule has 0 aliphatic carbocycles. The van der Waals surface area contributed by atoms with Crippen molar-refractivity contribution in [3.63, 3.8) is 0 Å². The number of carbonyl (C=O) groups is 2. The van der Waals surface area contributed by atoms with Gasteiger partial charge >= 0.3 is 6.03 Å². The highest BCUT2D eigenvalue weighted by Crippen LogP contribution is 2.37. The van der Waals surface area contributed by atoms with Gasteiger partial charge in [-0.25, -0.2) is 4.79 Å². The standard InChI is InChI=1S/C27H29ClN4O3/c1-30-26(34)32(16-2-3-20-10-14-29-15-11-20)25(33)27(30)12-17-31(18-13-27)19-23-8-9-24(35-23)21-4-6-22(28)7-5-21/h4-11,14-15H,2-3,12-13,16-19H2,1H3. The van der Waals surface area contributed by atoms with Crippen LogP contribution in [0.3, 0.4) is 0 Å². The van der Waals surface area contributed by atoms with Crippen LogP contribution in [0.1, 0.15) is 30.6 Å². The molecule has 0 bridgehead atoms. The van der Waals surface area contributed by atoms with Crippen LogP contribution in [-0.4, -0.2) is 63.8 Å². The predicted octanol–water partition coefficient (Wildman–Crippen LogP) is 4.86. The first-order chi connectivity index (χ1) is 17.0. The van der Waals surface area contributed by atoms with Crippen LogP contribution < -0.4 is 0 Å². The Morgan fingerprint density at radius 2 is 1.71 bits per heavy atom. The predicted molar refractivity (Wildman–Crippen MR) is 134 cm³/mol. The van der Waals surface area contributed by atoms with Crippen molar-refractivity contribution in [2.75, 3.05) is 26.7 Å². The third-order valence-corrected chi connectivity index (χ3v) is 7.50. The summed E-state index contributed by atoms with van der Waals surface area (Å²) in [6, 6.07) is 15.3. The van der Waals surface area contributed by atoms with E-state index in [-0.39, 0.29) is 11.9 Å². The number of hydrogen-bond acceptors (Lipinski definition) is 5. The number of benzene rings is 1. The molecule has 3 amide bonds. The summed E-state index contributed by atoms with van der Waals surface area (Å²) in [5.41, 5.74) is 1.41. The molecule has 0 unspecified atom stereocenters. The molecule has 3 aromatic rings. The maximum Gasteiger partial charge on any atom is 0.327 e. The van der Waals surface area contributed by atoms with Gasteiger partial charge in [0.05, 0.1) is 6.54 Å². The summed E-state index contributed by atoms with van der Waals surface area (Å²) in [5, 5.41) is 0.694. The van der Waals surface area contributed by atoms with Gasteiger partial charge in [-0.2, -0.15) is 0 Å². The molecule has 2 aliphatic rings. The van der Waals surface area contributed by atoms with E-state index in [0.29, 0.717) is 31.0 Å². The topological polar surface area (TPSA) is 69.9 Å². The Labute approximate surface area is 210 Å². The van der Waals surface area contributed by atoms with E-state index in [1.807, 2.05) is 48.5 Å². The van der Waals surface area contributed by atoms with Gasteiger partial charge in [-0.15, -0.1) is 0 Å². The fraction of sp³-hybridized carbons (Fsp3) is 0.370. The number of furan rings is 1. The van der Waals surface area contributed by atoms with Crippen LogP contribution in [0.2, 0.25) is 5.02 Å². The number of nitrogens with zero attached hydrogens (tertiary/aromatic N) is 4. The SMILES string of the molecule is CN1C(=O)N(CCCc2ccncc2)C(=O)C12CCN(Cc1ccc(-c3ccc(Cl)cc3)o1)CC2. The number of likely N-dealkylation sites (tertiary alicyclic amines) is 1. The summed E-state index contributed by atoms with van der Waals surface area (Å²) in [6.07, 6.45) is 6.33. The van der Waals surface area contributed by atoms with Gasteiger partial charge in [0.15, 0.2) is 0 Å². The van der Waals surface area contributed by atoms with Gasteiger partial charge in [0.25, 0.3) is 5.91 Å². The molecule has 8 heteroatoms. The molecule has 1 aromatic carbocycles. The van der Waals surface area contributed by atoms with Crippen LogP contribution in [0.15, 0.2) is 65.3 Å². The second kappa shape index (κ2) is 9.84. The van der Waals surface area contributed by atoms with E-state index < -0.39 is 5.54 Å². The maximum atomic E-state index is 13.4. The summed E-state index contributed by atoms with van der Waals surface area (Å²) in [7, 11) is 1.77. The third kappa shape index (κ3) is 4.70. The number of hydrogen-bond donors (Lipinski definition) is 0. The smallest absolute Gasteiger partial charge is 0.327 e. The van der Waals surface area contributed by atoms with Gasteiger partial charge < -0.3 is 9.32 Å². The van der Waals surface area contributed by atoms with Crippen LogP contribution in [0.4, 0.5) is 4.79 Å². The molecule has 2 saturated heterocycles. The van der Waals surface area contributed by atoms with Crippen LogP contribution in [0.25, 0.3) is 11.3 Å². The van der Waals surface area contributed by atoms with Gasteiger partial charge in [-0.1, -0.05) is 11.6 Å². The van der Waals surface area contributed by atoms with Gasteiger partial charge in [0.2, 0.25) is 0 Å². The molecule has 0 atom stereocenters. The first-order valence-electron chi connectivity index (χ1n) is 12.0. The Kier molecular flexibility index (Phi) is 6.62. The quantitative estimate of drug-likeness (QED) is 0.441. The van der Waals surface area contributed by atoms with Crippen LogP contribution in [-0.2, 0) is 17.8 Å². The normalized spacial score (nSPS) is 18.1. The largest absolute Gasteiger partial charge is 0.460 e. The van der Waals surface area contributed by atoms with Crippen LogP contribution in [0, 0.1) is 0 Å². The number of amides is 3. The lowest BCUT2D eigenvalue weighted by Gasteiger charge is -2.40. The Morgan fingerprint density at radius 1 is 1.00 bits per heavy atom. The minimum absolute atomic E-state index is 0.0533. The number of pyridine rings is 1. The molecule has 35 heavy (non-hydrogen) atoms. The molecule has 0 N–H and O–H groups in total. The van der Waals surface area contributed by atoms with Gasteiger partial charge in [-0.3, -0.25) is 19.6 Å². The molecule has 2 aromatic heterocycles. The van der Waals surface area contributed by atoms with E-state index in [2.05, 4.69) is 9.88 Å². The number of piperidine rings is 1. The molecule has 5 rings (SSSR count). The summed E-state index contributed by atoms with van der Waals surface area (Å²) in [5.74, 6) is 1.64. The summed E-state index contributed by atoms with van der Waals surface area (Å²) < 4.78 is 6.06. The van der Waals surface area contributed by atoms with Gasteiger partial charge in [0.1, 0.15) is 17.1 Å². The minimum atomic E-state index is -0.734. The molecule has 0 saturated carbocycles. The summed E-state index contributed by atoms with van der Waals surface area (Å²) in [4.78, 5) is 35.8. The van der Waals surface area contributed by atoms with Crippen molar-refractivity contribution in [3.8, 4) is 11.3 Å². The zero-order valence-corrected chi connectivity index (χ0v) is 20.6. The molecule has 2 aliphatic heterocycles. The first kappa shape index (κ1) is 23.6. The van der Waals surface area contributed by atoms with Gasteiger partial charge in [-0.05, 0) is 79.8 Å². The van der Waals surface area contributed by atoms with Crippen LogP contribution in [0.5, 0.6) is 0 Å². The highest BCUT2D eigenvalue weighted by Gasteiger charge is 2.56. The van der Waals surface area contributed by atoms with E-state index in [0.717, 1.165) is 48.6 Å². The van der Waals surface area contributed by atoms with E-state index in [4.69, 9.17) is 16.0 Å². The maximum absolute atomic E-state index is 13.4. The van der Waals surface area contributed by atoms with Crippen molar-refractivity contribution >= 4 is 23.5 Å². The van der Waals surface area contributed by atoms with Crippen molar-refractivity contribution < 1.29 is 14.0 Å². The Hall–Kier alpha value is -3.16. The molecule has 2 fully saturated rings. The molecular weight excluding hydrogens is 464 g/mol. The fourth-order valence-electron chi connectivity index (χ4n) is 5.12. The lowest BCUT2D eigenvalue weighted by atomic mass is 9.86. The number of imide groups is 1. The zero-order valence-electron chi connectivity index (χ0n) is 19.8. The summed E-state index contributed by atoms with van der Waals surface area (Å²) >= 11 is 5.98. The zero-order chi connectivity index (χ0) is 24.4. The summed E-state index contributed by atoms with van der Waals surface area (Å²) in [6.45, 7) is 2.57. The number of halogens is 1. The number of likely N-dealkylation sites (N-methyl/N-ethyl adjacent to an activating group) is 1. The van der Waals surface area contributed by atoms with Crippen LogP contribution >= 0.6 is 11.6 Å². The monoisotopic (exact) mass is 492 g/mol. The first-order valence-corrected chi connectivity index (χ1v) is 12.4. The Bertz CT molecular complexity index is 1190. The second-order valence-corrected chi connectivity index (χ2v) is 9.77. The van der Waals surface area contributed by atoms with E-state index in [1.54, 1.807) is 24.3 Å². The number of aryl methyl sites for hydroxylation is 1. The van der Waals surface area contributed by atoms with E-state index >= 15 is 0 Å². The molecular formula is C27H29ClN4O3. The van der Waals surface area contributed by atoms with Gasteiger partial charge in [0, 0.05) is 49.7 Å². The Balaban J connectivity index is 1.17. The fourth-order valence-corrected chi connectivity index (χ4v) is 5.24. The molecule has 7 nitrogen and oxygen atoms in total. The molecule has 4 heterocycles. The lowest BCUT2D eigenvalue weighted by Crippen LogP contribution is -2.55. The van der Waals surface area contributed by atoms with Crippen molar-refractivity contribution in [2.24, 2.45) is 0 Å². The van der Waals surface area contributed by atoms with E-state index in [1.165, 1.54) is 4.90 Å². The minimum Gasteiger partial charge on any atom is -0.460 e. The van der Waals surface area contributed by atoms with Crippen molar-refractivity contribution in [1.82, 2.24) is 19.7 Å². The highest BCUT2D eigenvalue weighted by atomic mass is 35.5. The number of rotatable bonds is 7. The lowest BCUT2D eigenvalue weighted by molar-refractivity contribution is -0.135. The number of carbonyl (C=O) groups excluding carboxylic acids is 2. The average Bonchev–Trinajstić information content (AvgIpc) is 3.41. The molecule has 0 radical (unpaired) electrons.